The molecule has 3 aromatic rings. The molecule has 2 heterocycles. The maximum Gasteiger partial charge on any atom is 0.322 e. The van der Waals surface area contributed by atoms with Crippen molar-refractivity contribution >= 4 is 17.7 Å². The molecule has 0 aliphatic rings. The van der Waals surface area contributed by atoms with Crippen LogP contribution < -0.4 is 10.6 Å². The molecule has 3 N–H and O–H groups in total. The third-order valence-corrected chi connectivity index (χ3v) is 3.41. The van der Waals surface area contributed by atoms with Crippen molar-refractivity contribution in [3.8, 4) is 11.4 Å². The summed E-state index contributed by atoms with van der Waals surface area (Å²) >= 11 is 0. The molecule has 0 amide bonds. The molecule has 26 heavy (non-hydrogen) atoms. The molecule has 0 saturated carbocycles. The Labute approximate surface area is 149 Å². The van der Waals surface area contributed by atoms with Crippen molar-refractivity contribution in [2.24, 2.45) is 0 Å². The summed E-state index contributed by atoms with van der Waals surface area (Å²) < 4.78 is 13.3. The fourth-order valence-corrected chi connectivity index (χ4v) is 2.26. The van der Waals surface area contributed by atoms with Crippen molar-refractivity contribution in [1.29, 1.82) is 0 Å². The first-order valence-corrected chi connectivity index (χ1v) is 7.84. The van der Waals surface area contributed by atoms with Gasteiger partial charge in [0.15, 0.2) is 0 Å². The third kappa shape index (κ3) is 4.73. The van der Waals surface area contributed by atoms with E-state index in [4.69, 9.17) is 5.11 Å². The van der Waals surface area contributed by atoms with Crippen LogP contribution in [0.25, 0.3) is 11.4 Å². The number of nitrogens with zero attached hydrogens (tertiary/aromatic N) is 3. The molecule has 3 rings (SSSR count). The fraction of sp³-hybridized carbons (Fsp3) is 0.111. The van der Waals surface area contributed by atoms with Crippen LogP contribution in [0, 0.1) is 5.82 Å². The zero-order valence-electron chi connectivity index (χ0n) is 13.7. The molecular weight excluding hydrogens is 337 g/mol. The third-order valence-electron chi connectivity index (χ3n) is 3.41. The topological polar surface area (TPSA) is 100 Å². The molecule has 0 saturated heterocycles. The number of aliphatic carboxylic acids is 1. The molecule has 0 atom stereocenters. The van der Waals surface area contributed by atoms with Gasteiger partial charge in [0.25, 0.3) is 0 Å². The number of halogens is 1. The Bertz CT molecular complexity index is 905. The van der Waals surface area contributed by atoms with Gasteiger partial charge in [0.1, 0.15) is 18.2 Å². The molecule has 8 heteroatoms. The van der Waals surface area contributed by atoms with E-state index in [9.17, 15) is 9.18 Å². The molecule has 0 aliphatic heterocycles. The van der Waals surface area contributed by atoms with Gasteiger partial charge < -0.3 is 15.7 Å². The average molecular weight is 353 g/mol. The SMILES string of the molecule is O=C(O)CNc1nc(NCc2cccc(F)c2)cc(-c2ccccn2)n1. The number of hydrogen-bond acceptors (Lipinski definition) is 6. The minimum Gasteiger partial charge on any atom is -0.480 e. The van der Waals surface area contributed by atoms with Crippen LogP contribution in [0.1, 0.15) is 5.56 Å². The first-order chi connectivity index (χ1) is 12.6. The van der Waals surface area contributed by atoms with Crippen molar-refractivity contribution in [3.05, 3.63) is 66.1 Å². The van der Waals surface area contributed by atoms with Crippen molar-refractivity contribution in [3.63, 3.8) is 0 Å². The van der Waals surface area contributed by atoms with Crippen LogP contribution in [0.3, 0.4) is 0 Å². The van der Waals surface area contributed by atoms with Crippen LogP contribution in [0.5, 0.6) is 0 Å². The predicted octanol–water partition coefficient (Wildman–Crippen LogP) is 2.79. The Morgan fingerprint density at radius 1 is 1.04 bits per heavy atom. The first kappa shape index (κ1) is 17.3. The molecule has 0 aliphatic carbocycles. The fourth-order valence-electron chi connectivity index (χ4n) is 2.26. The van der Waals surface area contributed by atoms with E-state index < -0.39 is 5.97 Å². The van der Waals surface area contributed by atoms with E-state index >= 15 is 0 Å². The van der Waals surface area contributed by atoms with Crippen LogP contribution in [0.4, 0.5) is 16.2 Å². The number of nitrogens with one attached hydrogen (secondary N) is 2. The molecule has 2 aromatic heterocycles. The van der Waals surface area contributed by atoms with E-state index in [-0.39, 0.29) is 18.3 Å². The van der Waals surface area contributed by atoms with Gasteiger partial charge in [0, 0.05) is 18.8 Å². The highest BCUT2D eigenvalue weighted by Gasteiger charge is 2.09. The average Bonchev–Trinajstić information content (AvgIpc) is 2.65. The Morgan fingerprint density at radius 2 is 1.92 bits per heavy atom. The molecule has 0 radical (unpaired) electrons. The smallest absolute Gasteiger partial charge is 0.322 e. The lowest BCUT2D eigenvalue weighted by Crippen LogP contribution is -2.15. The normalized spacial score (nSPS) is 10.3. The quantitative estimate of drug-likeness (QED) is 0.600. The minimum absolute atomic E-state index is 0.164. The van der Waals surface area contributed by atoms with Gasteiger partial charge in [-0.25, -0.2) is 9.37 Å². The van der Waals surface area contributed by atoms with Gasteiger partial charge in [0.05, 0.1) is 11.4 Å². The van der Waals surface area contributed by atoms with E-state index in [1.54, 1.807) is 36.5 Å². The number of benzene rings is 1. The Hall–Kier alpha value is -3.55. The number of rotatable bonds is 7. The van der Waals surface area contributed by atoms with Crippen molar-refractivity contribution in [1.82, 2.24) is 15.0 Å². The molecule has 0 unspecified atom stereocenters. The Balaban J connectivity index is 1.85. The van der Waals surface area contributed by atoms with Gasteiger partial charge in [-0.15, -0.1) is 0 Å². The summed E-state index contributed by atoms with van der Waals surface area (Å²) in [6, 6.07) is 13.3. The van der Waals surface area contributed by atoms with Crippen molar-refractivity contribution < 1.29 is 14.3 Å². The first-order valence-electron chi connectivity index (χ1n) is 7.84. The molecule has 0 bridgehead atoms. The monoisotopic (exact) mass is 353 g/mol. The van der Waals surface area contributed by atoms with E-state index in [0.29, 0.717) is 23.8 Å². The maximum atomic E-state index is 13.3. The number of aromatic nitrogens is 3. The second-order valence-corrected chi connectivity index (χ2v) is 5.41. The largest absolute Gasteiger partial charge is 0.480 e. The van der Waals surface area contributed by atoms with Crippen molar-refractivity contribution in [2.75, 3.05) is 17.2 Å². The summed E-state index contributed by atoms with van der Waals surface area (Å²) in [7, 11) is 0. The van der Waals surface area contributed by atoms with Crippen LogP contribution in [0.2, 0.25) is 0 Å². The second kappa shape index (κ2) is 8.02. The highest BCUT2D eigenvalue weighted by Crippen LogP contribution is 2.20. The number of hydrogen-bond donors (Lipinski definition) is 3. The van der Waals surface area contributed by atoms with Crippen LogP contribution in [-0.4, -0.2) is 32.6 Å². The summed E-state index contributed by atoms with van der Waals surface area (Å²) in [5.41, 5.74) is 1.92. The molecule has 0 spiro atoms. The summed E-state index contributed by atoms with van der Waals surface area (Å²) in [5, 5.41) is 14.6. The number of carboxylic acid groups (broad SMARTS) is 1. The molecule has 7 nitrogen and oxygen atoms in total. The Kier molecular flexibility index (Phi) is 5.33. The van der Waals surface area contributed by atoms with Gasteiger partial charge in [-0.1, -0.05) is 18.2 Å². The van der Waals surface area contributed by atoms with Gasteiger partial charge in [-0.2, -0.15) is 4.98 Å². The molecule has 132 valence electrons. The zero-order chi connectivity index (χ0) is 18.4. The summed E-state index contributed by atoms with van der Waals surface area (Å²) in [5.74, 6) is -0.703. The standard InChI is InChI=1S/C18H16FN5O2/c19-13-5-3-4-12(8-13)10-21-16-9-15(14-6-1-2-7-20-14)23-18(24-16)22-11-17(25)26/h1-9H,10-11H2,(H,25,26)(H2,21,22,23,24). The number of pyridine rings is 1. The predicted molar refractivity (Wildman–Crippen MR) is 95.1 cm³/mol. The molecule has 1 aromatic carbocycles. The minimum atomic E-state index is -1.02. The van der Waals surface area contributed by atoms with Gasteiger partial charge >= 0.3 is 5.97 Å². The molecule has 0 fully saturated rings. The lowest BCUT2D eigenvalue weighted by molar-refractivity contribution is -0.134. The summed E-state index contributed by atoms with van der Waals surface area (Å²) in [4.78, 5) is 23.6. The summed E-state index contributed by atoms with van der Waals surface area (Å²) in [6.45, 7) is 0.0454. The lowest BCUT2D eigenvalue weighted by atomic mass is 10.2. The van der Waals surface area contributed by atoms with Crippen LogP contribution in [0.15, 0.2) is 54.7 Å². The number of anilines is 2. The van der Waals surface area contributed by atoms with E-state index in [0.717, 1.165) is 5.56 Å². The zero-order valence-corrected chi connectivity index (χ0v) is 13.7. The lowest BCUT2D eigenvalue weighted by Gasteiger charge is -2.10. The van der Waals surface area contributed by atoms with Gasteiger partial charge in [-0.05, 0) is 29.8 Å². The van der Waals surface area contributed by atoms with Gasteiger partial charge in [0.2, 0.25) is 5.95 Å². The van der Waals surface area contributed by atoms with Crippen molar-refractivity contribution in [2.45, 2.75) is 6.54 Å². The summed E-state index contributed by atoms with van der Waals surface area (Å²) in [6.07, 6.45) is 1.64. The number of carbonyl (C=O) groups is 1. The van der Waals surface area contributed by atoms with Crippen LogP contribution >= 0.6 is 0 Å². The van der Waals surface area contributed by atoms with E-state index in [1.807, 2.05) is 6.07 Å². The molecular formula is C18H16FN5O2. The van der Waals surface area contributed by atoms with Crippen LogP contribution in [-0.2, 0) is 11.3 Å². The maximum absolute atomic E-state index is 13.3. The van der Waals surface area contributed by atoms with E-state index in [2.05, 4.69) is 25.6 Å². The highest BCUT2D eigenvalue weighted by molar-refractivity contribution is 5.72. The van der Waals surface area contributed by atoms with E-state index in [1.165, 1.54) is 12.1 Å². The van der Waals surface area contributed by atoms with Gasteiger partial charge in [-0.3, -0.25) is 9.78 Å². The number of carboxylic acids is 1. The highest BCUT2D eigenvalue weighted by atomic mass is 19.1. The Morgan fingerprint density at radius 3 is 2.65 bits per heavy atom. The second-order valence-electron chi connectivity index (χ2n) is 5.41.